The van der Waals surface area contributed by atoms with Crippen molar-refractivity contribution in [2.75, 3.05) is 0 Å². The maximum absolute atomic E-state index is 9.41. The molecule has 1 aliphatic rings. The summed E-state index contributed by atoms with van der Waals surface area (Å²) >= 11 is 0. The lowest BCUT2D eigenvalue weighted by Crippen LogP contribution is -1.92. The molecule has 0 aliphatic heterocycles. The average molecular weight is 138 g/mol. The zero-order valence-corrected chi connectivity index (χ0v) is 6.65. The first-order valence-corrected chi connectivity index (χ1v) is 3.73. The number of rotatable bonds is 1. The first-order valence-electron chi connectivity index (χ1n) is 3.73. The van der Waals surface area contributed by atoms with E-state index in [1.54, 1.807) is 0 Å². The van der Waals surface area contributed by atoms with Crippen molar-refractivity contribution in [2.45, 2.75) is 26.7 Å². The van der Waals surface area contributed by atoms with Crippen molar-refractivity contribution < 1.29 is 5.11 Å². The summed E-state index contributed by atoms with van der Waals surface area (Å²) in [4.78, 5) is 0. The summed E-state index contributed by atoms with van der Waals surface area (Å²) < 4.78 is 0. The average Bonchev–Trinajstić information content (AvgIpc) is 2.14. The molecule has 0 bridgehead atoms. The Morgan fingerprint density at radius 2 is 2.00 bits per heavy atom. The van der Waals surface area contributed by atoms with Crippen molar-refractivity contribution >= 4 is 0 Å². The van der Waals surface area contributed by atoms with Gasteiger partial charge in [-0.05, 0) is 29.9 Å². The molecule has 0 aromatic heterocycles. The summed E-state index contributed by atoms with van der Waals surface area (Å²) in [6.07, 6.45) is 1.95. The molecule has 1 aliphatic carbocycles. The van der Waals surface area contributed by atoms with Crippen LogP contribution in [0.5, 0.6) is 0 Å². The van der Waals surface area contributed by atoms with Gasteiger partial charge in [0.25, 0.3) is 0 Å². The van der Waals surface area contributed by atoms with Crippen LogP contribution in [0, 0.1) is 5.92 Å². The van der Waals surface area contributed by atoms with E-state index in [1.165, 1.54) is 5.57 Å². The Morgan fingerprint density at radius 3 is 2.20 bits per heavy atom. The van der Waals surface area contributed by atoms with Crippen LogP contribution in [0.15, 0.2) is 23.5 Å². The molecule has 0 heterocycles. The third kappa shape index (κ3) is 1.08. The Balaban J connectivity index is 2.85. The number of aliphatic hydroxyl groups is 1. The largest absolute Gasteiger partial charge is 0.508 e. The van der Waals surface area contributed by atoms with E-state index in [9.17, 15) is 5.11 Å². The first-order chi connectivity index (χ1) is 4.63. The van der Waals surface area contributed by atoms with Gasteiger partial charge in [0.1, 0.15) is 5.76 Å². The molecular formula is C9H14O. The van der Waals surface area contributed by atoms with Gasteiger partial charge in [0.15, 0.2) is 0 Å². The zero-order chi connectivity index (χ0) is 7.72. The highest BCUT2D eigenvalue weighted by molar-refractivity contribution is 5.34. The van der Waals surface area contributed by atoms with E-state index >= 15 is 0 Å². The van der Waals surface area contributed by atoms with Crippen LogP contribution in [0.2, 0.25) is 0 Å². The van der Waals surface area contributed by atoms with Crippen molar-refractivity contribution in [2.24, 2.45) is 5.92 Å². The summed E-state index contributed by atoms with van der Waals surface area (Å²) in [6.45, 7) is 7.96. The van der Waals surface area contributed by atoms with Crippen LogP contribution < -0.4 is 0 Å². The molecule has 1 N–H and O–H groups in total. The molecule has 0 saturated carbocycles. The highest BCUT2D eigenvalue weighted by Crippen LogP contribution is 2.32. The Morgan fingerprint density at radius 1 is 1.40 bits per heavy atom. The van der Waals surface area contributed by atoms with Crippen LogP contribution in [-0.2, 0) is 0 Å². The quantitative estimate of drug-likeness (QED) is 0.590. The molecule has 0 spiro atoms. The molecule has 56 valence electrons. The first kappa shape index (κ1) is 7.39. The predicted molar refractivity (Wildman–Crippen MR) is 42.9 cm³/mol. The van der Waals surface area contributed by atoms with Gasteiger partial charge < -0.3 is 5.11 Å². The molecule has 0 atom stereocenters. The maximum Gasteiger partial charge on any atom is 0.117 e. The molecule has 0 aromatic carbocycles. The fourth-order valence-electron chi connectivity index (χ4n) is 1.31. The van der Waals surface area contributed by atoms with E-state index in [0.29, 0.717) is 11.7 Å². The summed E-state index contributed by atoms with van der Waals surface area (Å²) in [5, 5.41) is 9.41. The van der Waals surface area contributed by atoms with Crippen molar-refractivity contribution in [1.82, 2.24) is 0 Å². The fourth-order valence-corrected chi connectivity index (χ4v) is 1.31. The highest BCUT2D eigenvalue weighted by atomic mass is 16.3. The molecule has 0 fully saturated rings. The molecule has 0 unspecified atom stereocenters. The summed E-state index contributed by atoms with van der Waals surface area (Å²) in [6, 6.07) is 0. The van der Waals surface area contributed by atoms with E-state index in [2.05, 4.69) is 20.4 Å². The smallest absolute Gasteiger partial charge is 0.117 e. The number of hydrogen-bond acceptors (Lipinski definition) is 1. The van der Waals surface area contributed by atoms with Crippen LogP contribution in [0.1, 0.15) is 26.7 Å². The van der Waals surface area contributed by atoms with E-state index in [-0.39, 0.29) is 0 Å². The standard InChI is InChI=1S/C9H14O/c1-6(2)8-5-4-7(3)9(8)10/h6,10H,3-5H2,1-2H3. The normalized spacial score (nSPS) is 19.3. The Bertz CT molecular complexity index is 187. The van der Waals surface area contributed by atoms with Crippen molar-refractivity contribution in [3.63, 3.8) is 0 Å². The molecule has 0 saturated heterocycles. The lowest BCUT2D eigenvalue weighted by Gasteiger charge is -2.04. The number of allylic oxidation sites excluding steroid dienone is 2. The van der Waals surface area contributed by atoms with Crippen LogP contribution in [0.3, 0.4) is 0 Å². The third-order valence-electron chi connectivity index (χ3n) is 2.03. The van der Waals surface area contributed by atoms with Crippen LogP contribution >= 0.6 is 0 Å². The van der Waals surface area contributed by atoms with Crippen molar-refractivity contribution in [1.29, 1.82) is 0 Å². The lowest BCUT2D eigenvalue weighted by atomic mass is 10.0. The van der Waals surface area contributed by atoms with Crippen molar-refractivity contribution in [3.05, 3.63) is 23.5 Å². The van der Waals surface area contributed by atoms with Crippen LogP contribution in [0.25, 0.3) is 0 Å². The lowest BCUT2D eigenvalue weighted by molar-refractivity contribution is 0.415. The fraction of sp³-hybridized carbons (Fsp3) is 0.556. The van der Waals surface area contributed by atoms with E-state index in [0.717, 1.165) is 18.4 Å². The minimum Gasteiger partial charge on any atom is -0.508 e. The maximum atomic E-state index is 9.41. The monoisotopic (exact) mass is 138 g/mol. The minimum atomic E-state index is 0.468. The second-order valence-corrected chi connectivity index (χ2v) is 3.13. The number of hydrogen-bond donors (Lipinski definition) is 1. The van der Waals surface area contributed by atoms with Gasteiger partial charge >= 0.3 is 0 Å². The predicted octanol–water partition coefficient (Wildman–Crippen LogP) is 2.80. The molecule has 0 amide bonds. The summed E-state index contributed by atoms with van der Waals surface area (Å²) in [5.74, 6) is 0.939. The van der Waals surface area contributed by atoms with E-state index in [4.69, 9.17) is 0 Å². The Hall–Kier alpha value is -0.720. The van der Waals surface area contributed by atoms with Gasteiger partial charge in [-0.25, -0.2) is 0 Å². The van der Waals surface area contributed by atoms with Gasteiger partial charge in [-0.3, -0.25) is 0 Å². The highest BCUT2D eigenvalue weighted by Gasteiger charge is 2.18. The molecule has 0 aromatic rings. The van der Waals surface area contributed by atoms with Gasteiger partial charge in [0, 0.05) is 0 Å². The van der Waals surface area contributed by atoms with Crippen LogP contribution in [-0.4, -0.2) is 5.11 Å². The molecule has 1 heteroatoms. The van der Waals surface area contributed by atoms with Gasteiger partial charge in [-0.15, -0.1) is 0 Å². The van der Waals surface area contributed by atoms with Gasteiger partial charge in [0.05, 0.1) is 0 Å². The molecule has 1 nitrogen and oxygen atoms in total. The zero-order valence-electron chi connectivity index (χ0n) is 6.65. The number of aliphatic hydroxyl groups excluding tert-OH is 1. The SMILES string of the molecule is C=C1CCC(C(C)C)=C1O. The Labute approximate surface area is 62.1 Å². The van der Waals surface area contributed by atoms with E-state index in [1.807, 2.05) is 0 Å². The van der Waals surface area contributed by atoms with Gasteiger partial charge in [-0.2, -0.15) is 0 Å². The second-order valence-electron chi connectivity index (χ2n) is 3.13. The Kier molecular flexibility index (Phi) is 1.84. The van der Waals surface area contributed by atoms with E-state index < -0.39 is 0 Å². The molecular weight excluding hydrogens is 124 g/mol. The van der Waals surface area contributed by atoms with Gasteiger partial charge in [-0.1, -0.05) is 20.4 Å². The van der Waals surface area contributed by atoms with Gasteiger partial charge in [0.2, 0.25) is 0 Å². The minimum absolute atomic E-state index is 0.468. The molecule has 1 rings (SSSR count). The van der Waals surface area contributed by atoms with Crippen molar-refractivity contribution in [3.8, 4) is 0 Å². The summed E-state index contributed by atoms with van der Waals surface area (Å²) in [5.41, 5.74) is 2.08. The molecule has 0 radical (unpaired) electrons. The van der Waals surface area contributed by atoms with Crippen LogP contribution in [0.4, 0.5) is 0 Å². The topological polar surface area (TPSA) is 20.2 Å². The second kappa shape index (κ2) is 2.49. The molecule has 10 heavy (non-hydrogen) atoms. The summed E-state index contributed by atoms with van der Waals surface area (Å²) in [7, 11) is 0. The third-order valence-corrected chi connectivity index (χ3v) is 2.03.